The summed E-state index contributed by atoms with van der Waals surface area (Å²) >= 11 is 0. The number of primary amides is 1. The second kappa shape index (κ2) is 6.15. The third kappa shape index (κ3) is 2.74. The largest absolute Gasteiger partial charge is 0.369 e. The Morgan fingerprint density at radius 2 is 2.00 bits per heavy atom. The molecule has 1 aliphatic carbocycles. The van der Waals surface area contributed by atoms with E-state index in [0.717, 1.165) is 24.1 Å². The molecule has 3 aromatic heterocycles. The number of nitrogens with zero attached hydrogens (tertiary/aromatic N) is 6. The van der Waals surface area contributed by atoms with E-state index in [1.54, 1.807) is 12.4 Å². The van der Waals surface area contributed by atoms with Crippen LogP contribution in [-0.2, 0) is 4.79 Å². The lowest BCUT2D eigenvalue weighted by molar-refractivity contribution is -0.119. The van der Waals surface area contributed by atoms with E-state index in [-0.39, 0.29) is 11.8 Å². The summed E-state index contributed by atoms with van der Waals surface area (Å²) in [6.45, 7) is 5.79. The highest BCUT2D eigenvalue weighted by Crippen LogP contribution is 2.51. The van der Waals surface area contributed by atoms with Gasteiger partial charge in [-0.25, -0.2) is 15.0 Å². The molecule has 4 heterocycles. The average molecular weight is 378 g/mol. The standard InChI is InChI=1S/C19H22N8O/c1-10(2)27-9-23-13-6-22-16(5-14(13)27)24-15-3-4-21-19(25-15)26-7-11-12(8-26)17(11)18(20)28/h3-6,9-12,17H,7-8H2,1-2H3,(H2,20,28)(H,21,22,24,25)/t11-,12?,17?/m0/s1. The summed E-state index contributed by atoms with van der Waals surface area (Å²) in [4.78, 5) is 31.3. The predicted molar refractivity (Wildman–Crippen MR) is 105 cm³/mol. The van der Waals surface area contributed by atoms with Gasteiger partial charge >= 0.3 is 0 Å². The number of carbonyl (C=O) groups excluding carboxylic acids is 1. The van der Waals surface area contributed by atoms with E-state index in [0.29, 0.717) is 35.5 Å². The van der Waals surface area contributed by atoms with Crippen molar-refractivity contribution in [2.75, 3.05) is 23.3 Å². The molecule has 0 aromatic carbocycles. The maximum Gasteiger partial charge on any atom is 0.227 e. The molecule has 144 valence electrons. The monoisotopic (exact) mass is 378 g/mol. The van der Waals surface area contributed by atoms with E-state index >= 15 is 0 Å². The third-order valence-corrected chi connectivity index (χ3v) is 5.72. The van der Waals surface area contributed by atoms with Crippen LogP contribution in [-0.4, -0.2) is 43.5 Å². The van der Waals surface area contributed by atoms with Crippen LogP contribution in [0.4, 0.5) is 17.6 Å². The molecule has 1 amide bonds. The first-order chi connectivity index (χ1) is 13.5. The molecule has 0 spiro atoms. The Kier molecular flexibility index (Phi) is 3.71. The molecule has 3 atom stereocenters. The zero-order valence-electron chi connectivity index (χ0n) is 15.8. The number of imidazole rings is 1. The van der Waals surface area contributed by atoms with Gasteiger partial charge in [0.05, 0.1) is 18.0 Å². The van der Waals surface area contributed by atoms with Crippen LogP contribution in [0.15, 0.2) is 30.9 Å². The molecule has 3 aromatic rings. The zero-order chi connectivity index (χ0) is 19.4. The lowest BCUT2D eigenvalue weighted by Crippen LogP contribution is -2.29. The van der Waals surface area contributed by atoms with Crippen LogP contribution in [0.2, 0.25) is 0 Å². The molecule has 1 aliphatic heterocycles. The SMILES string of the molecule is CC(C)n1cnc2cnc(Nc3ccnc(N4CC5C(C(N)=O)[C@H]5C4)n3)cc21. The second-order valence-electron chi connectivity index (χ2n) is 7.83. The van der Waals surface area contributed by atoms with Crippen LogP contribution in [0.5, 0.6) is 0 Å². The number of pyridine rings is 1. The molecular weight excluding hydrogens is 356 g/mol. The number of amides is 1. The quantitative estimate of drug-likeness (QED) is 0.694. The highest BCUT2D eigenvalue weighted by atomic mass is 16.1. The van der Waals surface area contributed by atoms with Crippen molar-refractivity contribution in [3.8, 4) is 0 Å². The highest BCUT2D eigenvalue weighted by Gasteiger charge is 2.59. The fourth-order valence-corrected chi connectivity index (χ4v) is 4.22. The molecule has 9 nitrogen and oxygen atoms in total. The third-order valence-electron chi connectivity index (χ3n) is 5.72. The lowest BCUT2D eigenvalue weighted by atomic mass is 10.2. The molecule has 0 radical (unpaired) electrons. The molecule has 1 saturated heterocycles. The van der Waals surface area contributed by atoms with Crippen LogP contribution in [0.1, 0.15) is 19.9 Å². The van der Waals surface area contributed by atoms with E-state index < -0.39 is 0 Å². The molecule has 9 heteroatoms. The number of rotatable bonds is 5. The first-order valence-electron chi connectivity index (χ1n) is 9.48. The van der Waals surface area contributed by atoms with Crippen molar-refractivity contribution in [1.82, 2.24) is 24.5 Å². The fraction of sp³-hybridized carbons (Fsp3) is 0.421. The Bertz CT molecular complexity index is 1050. The minimum Gasteiger partial charge on any atom is -0.369 e. The van der Waals surface area contributed by atoms with Gasteiger partial charge in [-0.15, -0.1) is 0 Å². The van der Waals surface area contributed by atoms with E-state index in [4.69, 9.17) is 5.73 Å². The number of anilines is 3. The highest BCUT2D eigenvalue weighted by molar-refractivity contribution is 5.81. The van der Waals surface area contributed by atoms with Gasteiger partial charge in [-0.05, 0) is 31.7 Å². The Morgan fingerprint density at radius 1 is 1.21 bits per heavy atom. The summed E-state index contributed by atoms with van der Waals surface area (Å²) in [5.41, 5.74) is 7.32. The van der Waals surface area contributed by atoms with Crippen molar-refractivity contribution in [1.29, 1.82) is 0 Å². The molecule has 2 unspecified atom stereocenters. The molecule has 0 bridgehead atoms. The molecule has 28 heavy (non-hydrogen) atoms. The van der Waals surface area contributed by atoms with Gasteiger partial charge in [0.25, 0.3) is 0 Å². The van der Waals surface area contributed by atoms with Gasteiger partial charge in [0.15, 0.2) is 0 Å². The molecule has 2 fully saturated rings. The smallest absolute Gasteiger partial charge is 0.227 e. The lowest BCUT2D eigenvalue weighted by Gasteiger charge is -2.19. The maximum absolute atomic E-state index is 11.4. The van der Waals surface area contributed by atoms with Crippen molar-refractivity contribution in [2.24, 2.45) is 23.5 Å². The summed E-state index contributed by atoms with van der Waals surface area (Å²) in [7, 11) is 0. The summed E-state index contributed by atoms with van der Waals surface area (Å²) in [6, 6.07) is 4.11. The van der Waals surface area contributed by atoms with Gasteiger partial charge in [0.1, 0.15) is 17.2 Å². The second-order valence-corrected chi connectivity index (χ2v) is 7.83. The number of aromatic nitrogens is 5. The Morgan fingerprint density at radius 3 is 2.71 bits per heavy atom. The first kappa shape index (κ1) is 16.9. The normalized spacial score (nSPS) is 23.2. The van der Waals surface area contributed by atoms with Crippen LogP contribution in [0, 0.1) is 17.8 Å². The summed E-state index contributed by atoms with van der Waals surface area (Å²) in [5.74, 6) is 2.58. The molecule has 3 N–H and O–H groups in total. The van der Waals surface area contributed by atoms with Crippen molar-refractivity contribution in [2.45, 2.75) is 19.9 Å². The zero-order valence-corrected chi connectivity index (χ0v) is 15.8. The number of nitrogens with one attached hydrogen (secondary N) is 1. The number of nitrogens with two attached hydrogens (primary N) is 1. The van der Waals surface area contributed by atoms with Gasteiger partial charge in [-0.2, -0.15) is 4.98 Å². The van der Waals surface area contributed by atoms with Gasteiger partial charge in [-0.3, -0.25) is 4.79 Å². The number of hydrogen-bond acceptors (Lipinski definition) is 7. The number of piperidine rings is 1. The van der Waals surface area contributed by atoms with E-state index in [2.05, 4.69) is 48.6 Å². The minimum atomic E-state index is -0.187. The van der Waals surface area contributed by atoms with Crippen LogP contribution in [0.25, 0.3) is 11.0 Å². The topological polar surface area (TPSA) is 115 Å². The van der Waals surface area contributed by atoms with Gasteiger partial charge < -0.3 is 20.5 Å². The van der Waals surface area contributed by atoms with Crippen molar-refractivity contribution in [3.63, 3.8) is 0 Å². The van der Waals surface area contributed by atoms with Crippen LogP contribution in [0.3, 0.4) is 0 Å². The van der Waals surface area contributed by atoms with Crippen LogP contribution >= 0.6 is 0 Å². The predicted octanol–water partition coefficient (Wildman–Crippen LogP) is 1.71. The average Bonchev–Trinajstić information content (AvgIpc) is 3.02. The number of carbonyl (C=O) groups is 1. The maximum atomic E-state index is 11.4. The molecule has 2 aliphatic rings. The van der Waals surface area contributed by atoms with E-state index in [9.17, 15) is 4.79 Å². The summed E-state index contributed by atoms with van der Waals surface area (Å²) in [5, 5.41) is 3.26. The summed E-state index contributed by atoms with van der Waals surface area (Å²) < 4.78 is 2.11. The Labute approximate surface area is 162 Å². The van der Waals surface area contributed by atoms with Crippen molar-refractivity contribution in [3.05, 3.63) is 30.9 Å². The molecule has 1 saturated carbocycles. The first-order valence-corrected chi connectivity index (χ1v) is 9.48. The summed E-state index contributed by atoms with van der Waals surface area (Å²) in [6.07, 6.45) is 5.33. The van der Waals surface area contributed by atoms with Gasteiger partial charge in [-0.1, -0.05) is 0 Å². The van der Waals surface area contributed by atoms with E-state index in [1.807, 2.05) is 18.5 Å². The van der Waals surface area contributed by atoms with Gasteiger partial charge in [0, 0.05) is 37.3 Å². The van der Waals surface area contributed by atoms with Crippen LogP contribution < -0.4 is 16.0 Å². The van der Waals surface area contributed by atoms with E-state index in [1.165, 1.54) is 0 Å². The Balaban J connectivity index is 1.34. The van der Waals surface area contributed by atoms with Crippen molar-refractivity contribution < 1.29 is 4.79 Å². The minimum absolute atomic E-state index is 0.0271. The fourth-order valence-electron chi connectivity index (χ4n) is 4.22. The number of hydrogen-bond donors (Lipinski definition) is 2. The molecular formula is C19H22N8O. The Hall–Kier alpha value is -3.23. The van der Waals surface area contributed by atoms with Crippen molar-refractivity contribution >= 4 is 34.5 Å². The molecule has 5 rings (SSSR count). The van der Waals surface area contributed by atoms with Gasteiger partial charge in [0.2, 0.25) is 11.9 Å². The number of fused-ring (bicyclic) bond motifs is 2.